The average molecular weight is 412 g/mol. The number of aromatic hydroxyl groups is 1. The molecule has 0 heterocycles. The van der Waals surface area contributed by atoms with Gasteiger partial charge in [-0.25, -0.2) is 4.79 Å². The number of hydrogen-bond acceptors (Lipinski definition) is 4. The van der Waals surface area contributed by atoms with E-state index in [-0.39, 0.29) is 5.75 Å². The number of phenolic OH excluding ortho intramolecular Hbond substituents is 1. The van der Waals surface area contributed by atoms with Crippen molar-refractivity contribution in [3.05, 3.63) is 101 Å². The summed E-state index contributed by atoms with van der Waals surface area (Å²) in [5.41, 5.74) is 12.7. The number of carboxylic acids is 1. The Morgan fingerprint density at radius 1 is 1.00 bits per heavy atom. The molecular formula is C26H24N2O3. The molecule has 5 N–H and O–H groups in total. The van der Waals surface area contributed by atoms with Gasteiger partial charge < -0.3 is 21.4 Å². The maximum absolute atomic E-state index is 10.8. The molecule has 0 aliphatic carbocycles. The number of aliphatic carboxylic acids is 1. The normalized spacial score (nSPS) is 11.9. The summed E-state index contributed by atoms with van der Waals surface area (Å²) >= 11 is 0. The van der Waals surface area contributed by atoms with Gasteiger partial charge in [0.15, 0.2) is 0 Å². The highest BCUT2D eigenvalue weighted by molar-refractivity contribution is 6.00. The summed E-state index contributed by atoms with van der Waals surface area (Å²) in [5, 5.41) is 26.5. The maximum Gasteiger partial charge on any atom is 0.328 e. The minimum atomic E-state index is -0.997. The van der Waals surface area contributed by atoms with Crippen molar-refractivity contribution < 1.29 is 15.0 Å². The van der Waals surface area contributed by atoms with Crippen molar-refractivity contribution in [2.24, 2.45) is 0 Å². The predicted octanol–water partition coefficient (Wildman–Crippen LogP) is 5.44. The highest BCUT2D eigenvalue weighted by Gasteiger charge is 2.14. The number of anilines is 1. The second-order valence-electron chi connectivity index (χ2n) is 7.04. The highest BCUT2D eigenvalue weighted by atomic mass is 16.4. The standard InChI is InChI=1S/C26H24N2O3/c1-2-23(19-4-3-5-22(29)15-19)26(20-11-12-24(28)21(14-20)16-27)18-9-6-17(7-10-18)8-13-25(30)31/h3-16,27,29H,2,28H2,1H3,(H,30,31)/b13-8+,26-23+,27-16?. The third-order valence-electron chi connectivity index (χ3n) is 5.00. The van der Waals surface area contributed by atoms with E-state index in [9.17, 15) is 9.90 Å². The van der Waals surface area contributed by atoms with Crippen LogP contribution in [0.1, 0.15) is 41.2 Å². The first kappa shape index (κ1) is 21.6. The van der Waals surface area contributed by atoms with Crippen LogP contribution in [0.2, 0.25) is 0 Å². The largest absolute Gasteiger partial charge is 0.508 e. The molecule has 156 valence electrons. The van der Waals surface area contributed by atoms with Crippen molar-refractivity contribution in [3.63, 3.8) is 0 Å². The van der Waals surface area contributed by atoms with E-state index in [2.05, 4.69) is 6.92 Å². The average Bonchev–Trinajstić information content (AvgIpc) is 2.77. The number of hydrogen-bond donors (Lipinski definition) is 4. The monoisotopic (exact) mass is 412 g/mol. The number of carboxylic acid groups (broad SMARTS) is 1. The van der Waals surface area contributed by atoms with Crippen LogP contribution < -0.4 is 5.73 Å². The van der Waals surface area contributed by atoms with Gasteiger partial charge in [0.2, 0.25) is 0 Å². The smallest absolute Gasteiger partial charge is 0.328 e. The van der Waals surface area contributed by atoms with Gasteiger partial charge in [0, 0.05) is 23.5 Å². The lowest BCUT2D eigenvalue weighted by Gasteiger charge is -2.17. The first-order chi connectivity index (χ1) is 14.9. The van der Waals surface area contributed by atoms with Gasteiger partial charge in [-0.05, 0) is 70.2 Å². The lowest BCUT2D eigenvalue weighted by molar-refractivity contribution is -0.131. The number of nitrogens with two attached hydrogens (primary N) is 1. The molecule has 0 bridgehead atoms. The molecule has 0 amide bonds. The number of allylic oxidation sites excluding steroid dienone is 1. The van der Waals surface area contributed by atoms with Crippen molar-refractivity contribution in [2.45, 2.75) is 13.3 Å². The van der Waals surface area contributed by atoms with Gasteiger partial charge in [0.25, 0.3) is 0 Å². The molecule has 0 saturated heterocycles. The Morgan fingerprint density at radius 2 is 1.71 bits per heavy atom. The van der Waals surface area contributed by atoms with Crippen LogP contribution in [-0.2, 0) is 4.79 Å². The van der Waals surface area contributed by atoms with Crippen LogP contribution in [0.3, 0.4) is 0 Å². The number of nitrogens with one attached hydrogen (secondary N) is 1. The van der Waals surface area contributed by atoms with Gasteiger partial charge in [-0.3, -0.25) is 0 Å². The van der Waals surface area contributed by atoms with Crippen LogP contribution in [0.15, 0.2) is 72.8 Å². The first-order valence-corrected chi connectivity index (χ1v) is 9.87. The third kappa shape index (κ3) is 5.08. The lowest BCUT2D eigenvalue weighted by atomic mass is 9.87. The van der Waals surface area contributed by atoms with Gasteiger partial charge in [-0.2, -0.15) is 0 Å². The first-order valence-electron chi connectivity index (χ1n) is 9.87. The zero-order valence-electron chi connectivity index (χ0n) is 17.2. The minimum absolute atomic E-state index is 0.189. The molecule has 0 saturated carbocycles. The van der Waals surface area contributed by atoms with Crippen molar-refractivity contribution in [2.75, 3.05) is 5.73 Å². The second kappa shape index (κ2) is 9.59. The van der Waals surface area contributed by atoms with Crippen LogP contribution in [0.4, 0.5) is 5.69 Å². The van der Waals surface area contributed by atoms with E-state index in [0.717, 1.165) is 39.5 Å². The number of carbonyl (C=O) groups is 1. The van der Waals surface area contributed by atoms with E-state index in [1.165, 1.54) is 6.21 Å². The van der Waals surface area contributed by atoms with Gasteiger partial charge in [0.1, 0.15) is 5.75 Å². The number of benzene rings is 3. The molecular weight excluding hydrogens is 388 g/mol. The molecule has 5 heteroatoms. The molecule has 0 aliphatic heterocycles. The van der Waals surface area contributed by atoms with E-state index < -0.39 is 5.97 Å². The van der Waals surface area contributed by atoms with Gasteiger partial charge >= 0.3 is 5.97 Å². The molecule has 3 rings (SSSR count). The van der Waals surface area contributed by atoms with Crippen molar-refractivity contribution >= 4 is 35.1 Å². The molecule has 3 aromatic carbocycles. The summed E-state index contributed by atoms with van der Waals surface area (Å²) in [5.74, 6) is -0.808. The van der Waals surface area contributed by atoms with Crippen LogP contribution in [-0.4, -0.2) is 22.4 Å². The van der Waals surface area contributed by atoms with E-state index in [0.29, 0.717) is 17.7 Å². The predicted molar refractivity (Wildman–Crippen MR) is 126 cm³/mol. The summed E-state index contributed by atoms with van der Waals surface area (Å²) in [6.45, 7) is 2.05. The van der Waals surface area contributed by atoms with Crippen LogP contribution in [0, 0.1) is 5.41 Å². The zero-order chi connectivity index (χ0) is 22.4. The van der Waals surface area contributed by atoms with Gasteiger partial charge in [-0.1, -0.05) is 49.4 Å². The fourth-order valence-corrected chi connectivity index (χ4v) is 3.52. The van der Waals surface area contributed by atoms with Gasteiger partial charge in [-0.15, -0.1) is 0 Å². The molecule has 0 radical (unpaired) electrons. The highest BCUT2D eigenvalue weighted by Crippen LogP contribution is 2.36. The molecule has 0 spiro atoms. The number of rotatable bonds is 7. The third-order valence-corrected chi connectivity index (χ3v) is 5.00. The summed E-state index contributed by atoms with van der Waals surface area (Å²) in [6.07, 6.45) is 4.59. The van der Waals surface area contributed by atoms with E-state index in [1.807, 2.05) is 48.5 Å². The Hall–Kier alpha value is -4.12. The molecule has 5 nitrogen and oxygen atoms in total. The fraction of sp³-hybridized carbons (Fsp3) is 0.0769. The van der Waals surface area contributed by atoms with E-state index >= 15 is 0 Å². The maximum atomic E-state index is 10.8. The van der Waals surface area contributed by atoms with E-state index in [4.69, 9.17) is 16.2 Å². The van der Waals surface area contributed by atoms with Crippen molar-refractivity contribution in [3.8, 4) is 5.75 Å². The lowest BCUT2D eigenvalue weighted by Crippen LogP contribution is -1.99. The molecule has 0 fully saturated rings. The van der Waals surface area contributed by atoms with Crippen LogP contribution in [0.5, 0.6) is 5.75 Å². The summed E-state index contributed by atoms with van der Waals surface area (Å²) in [4.78, 5) is 10.8. The van der Waals surface area contributed by atoms with Crippen LogP contribution in [0.25, 0.3) is 17.2 Å². The molecule has 3 aromatic rings. The van der Waals surface area contributed by atoms with Crippen LogP contribution >= 0.6 is 0 Å². The van der Waals surface area contributed by atoms with Crippen molar-refractivity contribution in [1.82, 2.24) is 0 Å². The van der Waals surface area contributed by atoms with Crippen molar-refractivity contribution in [1.29, 1.82) is 5.41 Å². The Kier molecular flexibility index (Phi) is 6.67. The Morgan fingerprint density at radius 3 is 2.32 bits per heavy atom. The summed E-state index contributed by atoms with van der Waals surface area (Å²) in [6, 6.07) is 20.3. The molecule has 0 atom stereocenters. The molecule has 0 aliphatic rings. The number of phenols is 1. The fourth-order valence-electron chi connectivity index (χ4n) is 3.52. The second-order valence-corrected chi connectivity index (χ2v) is 7.04. The van der Waals surface area contributed by atoms with E-state index in [1.54, 1.807) is 24.3 Å². The number of nitrogen functional groups attached to an aromatic ring is 1. The molecule has 0 aromatic heterocycles. The quantitative estimate of drug-likeness (QED) is 0.179. The molecule has 0 unspecified atom stereocenters. The summed E-state index contributed by atoms with van der Waals surface area (Å²) < 4.78 is 0. The van der Waals surface area contributed by atoms with Gasteiger partial charge in [0.05, 0.1) is 0 Å². The minimum Gasteiger partial charge on any atom is -0.508 e. The Labute approximate surface area is 181 Å². The Bertz CT molecular complexity index is 1180. The topological polar surface area (TPSA) is 107 Å². The Balaban J connectivity index is 2.24. The molecule has 31 heavy (non-hydrogen) atoms. The summed E-state index contributed by atoms with van der Waals surface area (Å²) in [7, 11) is 0. The SMILES string of the molecule is CC/C(=C(/c1ccc(/C=C/C(=O)O)cc1)c1ccc(N)c(C=N)c1)c1cccc(O)c1. The zero-order valence-corrected chi connectivity index (χ0v) is 17.2.